The van der Waals surface area contributed by atoms with E-state index < -0.39 is 0 Å². The van der Waals surface area contributed by atoms with Crippen molar-refractivity contribution in [2.45, 2.75) is 31.7 Å². The van der Waals surface area contributed by atoms with E-state index in [0.717, 1.165) is 18.9 Å². The maximum Gasteiger partial charge on any atom is 0.169 e. The normalized spacial score (nSPS) is 24.4. The third kappa shape index (κ3) is 2.54. The summed E-state index contributed by atoms with van der Waals surface area (Å²) in [7, 11) is 0. The molecule has 5 heteroatoms. The van der Waals surface area contributed by atoms with Crippen LogP contribution in [-0.4, -0.2) is 47.3 Å². The van der Waals surface area contributed by atoms with Crippen molar-refractivity contribution in [3.05, 3.63) is 17.8 Å². The number of likely N-dealkylation sites (tertiary alicyclic amines) is 1. The van der Waals surface area contributed by atoms with E-state index in [1.165, 1.54) is 38.8 Å². The van der Waals surface area contributed by atoms with Crippen LogP contribution < -0.4 is 4.90 Å². The van der Waals surface area contributed by atoms with Gasteiger partial charge in [-0.2, -0.15) is 10.4 Å². The summed E-state index contributed by atoms with van der Waals surface area (Å²) in [6.45, 7) is 4.41. The molecule has 0 aliphatic carbocycles. The Kier molecular flexibility index (Phi) is 3.60. The largest absolute Gasteiger partial charge is 0.352 e. The first-order valence-electron chi connectivity index (χ1n) is 7.09. The number of rotatable bonds is 2. The average Bonchev–Trinajstić information content (AvgIpc) is 2.98. The van der Waals surface area contributed by atoms with Crippen molar-refractivity contribution in [2.75, 3.05) is 31.1 Å². The minimum atomic E-state index is 0.619. The smallest absolute Gasteiger partial charge is 0.169 e. The van der Waals surface area contributed by atoms with E-state index in [0.29, 0.717) is 11.6 Å². The van der Waals surface area contributed by atoms with Crippen LogP contribution in [0.2, 0.25) is 0 Å². The molecule has 1 atom stereocenters. The van der Waals surface area contributed by atoms with E-state index in [9.17, 15) is 0 Å². The molecule has 3 heterocycles. The van der Waals surface area contributed by atoms with Gasteiger partial charge in [0.25, 0.3) is 0 Å². The molecular weight excluding hydrogens is 238 g/mol. The van der Waals surface area contributed by atoms with Crippen LogP contribution in [0.25, 0.3) is 0 Å². The van der Waals surface area contributed by atoms with E-state index in [4.69, 9.17) is 5.26 Å². The van der Waals surface area contributed by atoms with Crippen LogP contribution in [0.1, 0.15) is 31.2 Å². The van der Waals surface area contributed by atoms with Crippen LogP contribution in [0, 0.1) is 11.3 Å². The van der Waals surface area contributed by atoms with Gasteiger partial charge in [-0.3, -0.25) is 4.90 Å². The van der Waals surface area contributed by atoms with Crippen molar-refractivity contribution >= 4 is 5.82 Å². The standard InChI is InChI=1S/C14H19N5/c15-10-12-4-6-16-17-14(12)19-9-5-13(11-19)18-7-2-1-3-8-18/h4,6,13H,1-3,5,7-9,11H2. The number of aromatic nitrogens is 2. The molecule has 2 aliphatic heterocycles. The minimum Gasteiger partial charge on any atom is -0.352 e. The first-order valence-corrected chi connectivity index (χ1v) is 7.09. The molecule has 1 aromatic rings. The van der Waals surface area contributed by atoms with Crippen molar-refractivity contribution < 1.29 is 0 Å². The molecule has 2 aliphatic rings. The van der Waals surface area contributed by atoms with Crippen LogP contribution in [-0.2, 0) is 0 Å². The van der Waals surface area contributed by atoms with Gasteiger partial charge in [-0.25, -0.2) is 0 Å². The SMILES string of the molecule is N#Cc1ccnnc1N1CCC(N2CCCCC2)C1. The molecule has 1 aromatic heterocycles. The summed E-state index contributed by atoms with van der Waals surface area (Å²) in [5, 5.41) is 17.2. The Hall–Kier alpha value is -1.67. The summed E-state index contributed by atoms with van der Waals surface area (Å²) in [6, 6.07) is 4.57. The quantitative estimate of drug-likeness (QED) is 0.802. The third-order valence-corrected chi connectivity index (χ3v) is 4.19. The Morgan fingerprint density at radius 3 is 2.84 bits per heavy atom. The second-order valence-electron chi connectivity index (χ2n) is 5.37. The van der Waals surface area contributed by atoms with Crippen molar-refractivity contribution in [1.29, 1.82) is 5.26 Å². The van der Waals surface area contributed by atoms with Crippen molar-refractivity contribution in [1.82, 2.24) is 15.1 Å². The third-order valence-electron chi connectivity index (χ3n) is 4.19. The second-order valence-corrected chi connectivity index (χ2v) is 5.37. The van der Waals surface area contributed by atoms with Crippen molar-refractivity contribution in [3.8, 4) is 6.07 Å². The Balaban J connectivity index is 1.70. The summed E-state index contributed by atoms with van der Waals surface area (Å²) in [5.74, 6) is 0.754. The van der Waals surface area contributed by atoms with Crippen LogP contribution >= 0.6 is 0 Å². The van der Waals surface area contributed by atoms with Crippen molar-refractivity contribution in [2.24, 2.45) is 0 Å². The van der Waals surface area contributed by atoms with Gasteiger partial charge in [0.2, 0.25) is 0 Å². The molecule has 19 heavy (non-hydrogen) atoms. The summed E-state index contributed by atoms with van der Waals surface area (Å²) < 4.78 is 0. The highest BCUT2D eigenvalue weighted by atomic mass is 15.3. The highest BCUT2D eigenvalue weighted by Gasteiger charge is 2.30. The zero-order valence-electron chi connectivity index (χ0n) is 11.1. The number of hydrogen-bond donors (Lipinski definition) is 0. The topological polar surface area (TPSA) is 56.1 Å². The van der Waals surface area contributed by atoms with Gasteiger partial charge in [-0.15, -0.1) is 5.10 Å². The van der Waals surface area contributed by atoms with Crippen LogP contribution in [0.3, 0.4) is 0 Å². The highest BCUT2D eigenvalue weighted by Crippen LogP contribution is 2.25. The summed E-state index contributed by atoms with van der Waals surface area (Å²) in [6.07, 6.45) is 6.77. The lowest BCUT2D eigenvalue weighted by atomic mass is 10.1. The van der Waals surface area contributed by atoms with Gasteiger partial charge >= 0.3 is 0 Å². The van der Waals surface area contributed by atoms with Gasteiger partial charge in [0.15, 0.2) is 5.82 Å². The molecule has 0 radical (unpaired) electrons. The maximum atomic E-state index is 9.14. The molecule has 2 fully saturated rings. The molecule has 1 unspecified atom stereocenters. The lowest BCUT2D eigenvalue weighted by Crippen LogP contribution is -2.41. The molecule has 0 bridgehead atoms. The van der Waals surface area contributed by atoms with Crippen LogP contribution in [0.5, 0.6) is 0 Å². The average molecular weight is 257 g/mol. The number of nitriles is 1. The molecule has 5 nitrogen and oxygen atoms in total. The number of hydrogen-bond acceptors (Lipinski definition) is 5. The Morgan fingerprint density at radius 1 is 1.21 bits per heavy atom. The summed E-state index contributed by atoms with van der Waals surface area (Å²) in [5.41, 5.74) is 0.634. The highest BCUT2D eigenvalue weighted by molar-refractivity contribution is 5.53. The van der Waals surface area contributed by atoms with Gasteiger partial charge in [-0.1, -0.05) is 6.42 Å². The fourth-order valence-electron chi connectivity index (χ4n) is 3.16. The predicted octanol–water partition coefficient (Wildman–Crippen LogP) is 1.41. The molecular formula is C14H19N5. The molecule has 0 N–H and O–H groups in total. The monoisotopic (exact) mass is 257 g/mol. The molecule has 3 rings (SSSR count). The Morgan fingerprint density at radius 2 is 2.05 bits per heavy atom. The van der Waals surface area contributed by atoms with Gasteiger partial charge in [-0.05, 0) is 38.4 Å². The molecule has 0 saturated carbocycles. The molecule has 0 aromatic carbocycles. The fourth-order valence-corrected chi connectivity index (χ4v) is 3.16. The zero-order chi connectivity index (χ0) is 13.1. The van der Waals surface area contributed by atoms with Gasteiger partial charge in [0, 0.05) is 19.1 Å². The van der Waals surface area contributed by atoms with Crippen molar-refractivity contribution in [3.63, 3.8) is 0 Å². The van der Waals surface area contributed by atoms with E-state index in [1.54, 1.807) is 12.3 Å². The van der Waals surface area contributed by atoms with Crippen LogP contribution in [0.4, 0.5) is 5.82 Å². The van der Waals surface area contributed by atoms with E-state index in [2.05, 4.69) is 26.1 Å². The molecule has 100 valence electrons. The lowest BCUT2D eigenvalue weighted by molar-refractivity contribution is 0.174. The van der Waals surface area contributed by atoms with Crippen LogP contribution in [0.15, 0.2) is 12.3 Å². The summed E-state index contributed by atoms with van der Waals surface area (Å²) >= 11 is 0. The number of nitrogens with zero attached hydrogens (tertiary/aromatic N) is 5. The minimum absolute atomic E-state index is 0.619. The molecule has 0 amide bonds. The molecule has 0 spiro atoms. The predicted molar refractivity (Wildman–Crippen MR) is 72.8 cm³/mol. The summed E-state index contributed by atoms with van der Waals surface area (Å²) in [4.78, 5) is 4.82. The van der Waals surface area contributed by atoms with E-state index in [1.807, 2.05) is 0 Å². The lowest BCUT2D eigenvalue weighted by Gasteiger charge is -2.32. The first kappa shape index (κ1) is 12.4. The first-order chi connectivity index (χ1) is 9.38. The Labute approximate surface area is 113 Å². The van der Waals surface area contributed by atoms with Gasteiger partial charge in [0.1, 0.15) is 6.07 Å². The van der Waals surface area contributed by atoms with E-state index in [-0.39, 0.29) is 0 Å². The van der Waals surface area contributed by atoms with Gasteiger partial charge < -0.3 is 4.90 Å². The Bertz CT molecular complexity index is 475. The maximum absolute atomic E-state index is 9.14. The zero-order valence-corrected chi connectivity index (χ0v) is 11.1. The number of piperidine rings is 1. The van der Waals surface area contributed by atoms with Gasteiger partial charge in [0.05, 0.1) is 11.8 Å². The van der Waals surface area contributed by atoms with E-state index >= 15 is 0 Å². The molecule has 2 saturated heterocycles. The fraction of sp³-hybridized carbons (Fsp3) is 0.643. The number of anilines is 1. The second kappa shape index (κ2) is 5.54.